The Kier molecular flexibility index (Phi) is 1.47. The summed E-state index contributed by atoms with van der Waals surface area (Å²) >= 11 is 1.60. The van der Waals surface area contributed by atoms with Crippen molar-refractivity contribution in [2.45, 2.75) is 18.4 Å². The van der Waals surface area contributed by atoms with E-state index in [0.717, 1.165) is 0 Å². The molecule has 1 saturated heterocycles. The first-order chi connectivity index (χ1) is 5.22. The maximum Gasteiger partial charge on any atom is 0.236 e. The van der Waals surface area contributed by atoms with Gasteiger partial charge in [0, 0.05) is 6.20 Å². The summed E-state index contributed by atoms with van der Waals surface area (Å²) in [5.41, 5.74) is 0. The minimum Gasteiger partial charge on any atom is -0.392 e. The van der Waals surface area contributed by atoms with E-state index in [1.807, 2.05) is 5.41 Å². The van der Waals surface area contributed by atoms with Gasteiger partial charge in [0.05, 0.1) is 12.0 Å². The van der Waals surface area contributed by atoms with Crippen LogP contribution >= 0.6 is 11.8 Å². The molecule has 3 atom stereocenters. The molecule has 0 saturated carbocycles. The van der Waals surface area contributed by atoms with Gasteiger partial charge < -0.3 is 10.0 Å². The van der Waals surface area contributed by atoms with E-state index in [4.69, 9.17) is 0 Å². The summed E-state index contributed by atoms with van der Waals surface area (Å²) in [6.45, 7) is 1.67. The molecule has 11 heavy (non-hydrogen) atoms. The number of thioether (sulfide) groups is 1. The summed E-state index contributed by atoms with van der Waals surface area (Å²) < 4.78 is 0. The van der Waals surface area contributed by atoms with Crippen LogP contribution in [0.4, 0.5) is 0 Å². The Labute approximate surface area is 69.1 Å². The average Bonchev–Trinajstić information content (AvgIpc) is 2.30. The molecule has 1 N–H and O–H groups in total. The molecule has 0 aliphatic carbocycles. The molecule has 1 fully saturated rings. The highest BCUT2D eigenvalue weighted by molar-refractivity contribution is 8.03. The van der Waals surface area contributed by atoms with Gasteiger partial charge in [-0.3, -0.25) is 4.79 Å². The van der Waals surface area contributed by atoms with Crippen molar-refractivity contribution in [3.8, 4) is 0 Å². The lowest BCUT2D eigenvalue weighted by Gasteiger charge is -2.42. The van der Waals surface area contributed by atoms with E-state index in [-0.39, 0.29) is 17.2 Å². The van der Waals surface area contributed by atoms with E-state index in [0.29, 0.717) is 0 Å². The Balaban J connectivity index is 2.12. The highest BCUT2D eigenvalue weighted by atomic mass is 32.2. The third kappa shape index (κ3) is 0.827. The predicted octanol–water partition coefficient (Wildman–Crippen LogP) is 0.370. The zero-order chi connectivity index (χ0) is 8.01. The Bertz CT molecular complexity index is 226. The lowest BCUT2D eigenvalue weighted by atomic mass is 9.93. The quantitative estimate of drug-likeness (QED) is 0.579. The largest absolute Gasteiger partial charge is 0.392 e. The van der Waals surface area contributed by atoms with E-state index >= 15 is 0 Å². The molecule has 3 unspecified atom stereocenters. The van der Waals surface area contributed by atoms with E-state index in [9.17, 15) is 9.90 Å². The van der Waals surface area contributed by atoms with Gasteiger partial charge in [0.15, 0.2) is 0 Å². The number of hydrogen-bond donors (Lipinski definition) is 1. The first-order valence-corrected chi connectivity index (χ1v) is 4.48. The molecule has 3 nitrogen and oxygen atoms in total. The van der Waals surface area contributed by atoms with Crippen LogP contribution in [0.1, 0.15) is 6.92 Å². The fraction of sp³-hybridized carbons (Fsp3) is 0.571. The predicted molar refractivity (Wildman–Crippen MR) is 42.5 cm³/mol. The maximum absolute atomic E-state index is 11.2. The molecule has 1 amide bonds. The normalized spacial score (nSPS) is 36.9. The zero-order valence-electron chi connectivity index (χ0n) is 6.10. The van der Waals surface area contributed by atoms with Crippen molar-refractivity contribution in [2.75, 3.05) is 0 Å². The van der Waals surface area contributed by atoms with Crippen molar-refractivity contribution in [1.29, 1.82) is 0 Å². The second-order valence-corrected chi connectivity index (χ2v) is 3.85. The third-order valence-corrected chi connectivity index (χ3v) is 3.16. The molecule has 2 aliphatic heterocycles. The summed E-state index contributed by atoms with van der Waals surface area (Å²) in [6, 6.07) is 0. The molecule has 0 aromatic heterocycles. The molecule has 0 aromatic carbocycles. The van der Waals surface area contributed by atoms with Crippen LogP contribution in [0.2, 0.25) is 0 Å². The van der Waals surface area contributed by atoms with Crippen molar-refractivity contribution in [1.82, 2.24) is 4.90 Å². The number of aliphatic hydroxyl groups excluding tert-OH is 1. The number of fused-ring (bicyclic) bond motifs is 1. The minimum atomic E-state index is -0.517. The SMILES string of the molecule is CC(O)C1C(=O)N2C=CSC12. The number of β-lactam (4-membered cyclic amide) rings is 1. The van der Waals surface area contributed by atoms with Gasteiger partial charge in [-0.1, -0.05) is 0 Å². The van der Waals surface area contributed by atoms with Crippen molar-refractivity contribution < 1.29 is 9.90 Å². The molecule has 0 bridgehead atoms. The van der Waals surface area contributed by atoms with Gasteiger partial charge in [-0.25, -0.2) is 0 Å². The number of aliphatic hydroxyl groups is 1. The summed E-state index contributed by atoms with van der Waals surface area (Å²) in [7, 11) is 0. The number of hydrogen-bond acceptors (Lipinski definition) is 3. The molecular weight excluding hydrogens is 162 g/mol. The van der Waals surface area contributed by atoms with Crippen LogP contribution in [0.5, 0.6) is 0 Å². The number of nitrogens with zero attached hydrogens (tertiary/aromatic N) is 1. The number of carbonyl (C=O) groups is 1. The van der Waals surface area contributed by atoms with Gasteiger partial charge in [-0.2, -0.15) is 0 Å². The number of carbonyl (C=O) groups excluding carboxylic acids is 1. The Morgan fingerprint density at radius 1 is 1.82 bits per heavy atom. The maximum atomic E-state index is 11.2. The van der Waals surface area contributed by atoms with Crippen molar-refractivity contribution >= 4 is 17.7 Å². The lowest BCUT2D eigenvalue weighted by molar-refractivity contribution is -0.151. The van der Waals surface area contributed by atoms with E-state index in [1.165, 1.54) is 0 Å². The summed E-state index contributed by atoms with van der Waals surface area (Å²) in [5, 5.41) is 11.3. The van der Waals surface area contributed by atoms with Crippen molar-refractivity contribution in [3.63, 3.8) is 0 Å². The zero-order valence-corrected chi connectivity index (χ0v) is 6.91. The molecule has 4 heteroatoms. The van der Waals surface area contributed by atoms with Gasteiger partial charge in [0.1, 0.15) is 5.37 Å². The standard InChI is InChI=1S/C7H9NO2S/c1-4(9)5-6(10)8-2-3-11-7(5)8/h2-5,7,9H,1H3. The van der Waals surface area contributed by atoms with Crippen molar-refractivity contribution in [2.24, 2.45) is 5.92 Å². The van der Waals surface area contributed by atoms with Crippen LogP contribution < -0.4 is 0 Å². The fourth-order valence-corrected chi connectivity index (χ4v) is 2.63. The highest BCUT2D eigenvalue weighted by Gasteiger charge is 2.50. The van der Waals surface area contributed by atoms with Gasteiger partial charge in [-0.05, 0) is 12.3 Å². The highest BCUT2D eigenvalue weighted by Crippen LogP contribution is 2.42. The van der Waals surface area contributed by atoms with Crippen LogP contribution in [0.15, 0.2) is 11.6 Å². The van der Waals surface area contributed by atoms with Gasteiger partial charge in [0.2, 0.25) is 5.91 Å². The second kappa shape index (κ2) is 2.25. The summed E-state index contributed by atoms with van der Waals surface area (Å²) in [4.78, 5) is 12.9. The fourth-order valence-electron chi connectivity index (χ4n) is 1.44. The van der Waals surface area contributed by atoms with Crippen LogP contribution in [-0.2, 0) is 4.79 Å². The Morgan fingerprint density at radius 3 is 3.18 bits per heavy atom. The van der Waals surface area contributed by atoms with Crippen molar-refractivity contribution in [3.05, 3.63) is 11.6 Å². The van der Waals surface area contributed by atoms with Crippen LogP contribution in [0.25, 0.3) is 0 Å². The van der Waals surface area contributed by atoms with Gasteiger partial charge in [-0.15, -0.1) is 11.8 Å². The van der Waals surface area contributed by atoms with E-state index in [1.54, 1.807) is 29.8 Å². The summed E-state index contributed by atoms with van der Waals surface area (Å²) in [6.07, 6.45) is 1.26. The molecule has 2 heterocycles. The minimum absolute atomic E-state index is 0.0475. The van der Waals surface area contributed by atoms with Crippen LogP contribution in [-0.4, -0.2) is 27.4 Å². The number of amides is 1. The monoisotopic (exact) mass is 171 g/mol. The summed E-state index contributed by atoms with van der Waals surface area (Å²) in [5.74, 6) is -0.138. The Hall–Kier alpha value is -0.480. The molecule has 0 spiro atoms. The lowest BCUT2D eigenvalue weighted by Crippen LogP contribution is -2.58. The number of rotatable bonds is 1. The molecular formula is C7H9NO2S. The van der Waals surface area contributed by atoms with Gasteiger partial charge in [0.25, 0.3) is 0 Å². The third-order valence-electron chi connectivity index (χ3n) is 2.08. The van der Waals surface area contributed by atoms with E-state index < -0.39 is 6.10 Å². The molecule has 0 aromatic rings. The molecule has 2 rings (SSSR count). The van der Waals surface area contributed by atoms with E-state index in [2.05, 4.69) is 0 Å². The molecule has 0 radical (unpaired) electrons. The van der Waals surface area contributed by atoms with Crippen LogP contribution in [0, 0.1) is 5.92 Å². The van der Waals surface area contributed by atoms with Gasteiger partial charge >= 0.3 is 0 Å². The van der Waals surface area contributed by atoms with Crippen LogP contribution in [0.3, 0.4) is 0 Å². The smallest absolute Gasteiger partial charge is 0.236 e. The Morgan fingerprint density at radius 2 is 2.55 bits per heavy atom. The first kappa shape index (κ1) is 7.18. The molecule has 2 aliphatic rings. The topological polar surface area (TPSA) is 40.5 Å². The first-order valence-electron chi connectivity index (χ1n) is 3.54. The molecule has 60 valence electrons. The second-order valence-electron chi connectivity index (χ2n) is 2.82. The average molecular weight is 171 g/mol.